The van der Waals surface area contributed by atoms with Gasteiger partial charge in [-0.2, -0.15) is 0 Å². The Morgan fingerprint density at radius 1 is 1.05 bits per heavy atom. The zero-order chi connectivity index (χ0) is 14.8. The second kappa shape index (κ2) is 4.49. The fraction of sp³-hybridized carbons (Fsp3) is 0.684. The number of rotatable bonds is 0. The number of hydrogen-bond donors (Lipinski definition) is 2. The van der Waals surface area contributed by atoms with Gasteiger partial charge in [0.05, 0.1) is 0 Å². The van der Waals surface area contributed by atoms with Crippen molar-refractivity contribution in [1.29, 1.82) is 0 Å². The van der Waals surface area contributed by atoms with Crippen LogP contribution >= 0.6 is 0 Å². The van der Waals surface area contributed by atoms with Crippen molar-refractivity contribution in [2.24, 2.45) is 5.92 Å². The molecule has 0 unspecified atom stereocenters. The number of hydrogen-bond acceptors (Lipinski definition) is 2. The molecule has 3 aliphatic rings. The van der Waals surface area contributed by atoms with Crippen molar-refractivity contribution >= 4 is 0 Å². The summed E-state index contributed by atoms with van der Waals surface area (Å²) in [6.45, 7) is 7.63. The van der Waals surface area contributed by atoms with Gasteiger partial charge >= 0.3 is 0 Å². The van der Waals surface area contributed by atoms with E-state index in [1.165, 1.54) is 49.8 Å². The Hall–Kier alpha value is -1.02. The standard InChI is InChI=1S/C19H27NO/c1-11-12(2)18(21)13(3)14-10-16-15-6-4-5-7-19(15,17(11)14)8-9-20-16/h15-16,20-21H,4-10H2,1-3H3/t15-,16+,19+/m0/s1. The average Bonchev–Trinajstić information content (AvgIpc) is 2.50. The van der Waals surface area contributed by atoms with Crippen LogP contribution in [-0.4, -0.2) is 17.7 Å². The molecular formula is C19H27NO. The van der Waals surface area contributed by atoms with Crippen LogP contribution in [0.5, 0.6) is 5.75 Å². The van der Waals surface area contributed by atoms with Crippen molar-refractivity contribution in [1.82, 2.24) is 5.32 Å². The minimum atomic E-state index is 0.398. The minimum absolute atomic E-state index is 0.398. The molecule has 2 fully saturated rings. The van der Waals surface area contributed by atoms with E-state index in [2.05, 4.69) is 26.1 Å². The van der Waals surface area contributed by atoms with Crippen molar-refractivity contribution in [3.05, 3.63) is 27.8 Å². The number of nitrogens with one attached hydrogen (secondary N) is 1. The summed E-state index contributed by atoms with van der Waals surface area (Å²) in [5.41, 5.74) is 7.13. The van der Waals surface area contributed by atoms with Gasteiger partial charge in [0.1, 0.15) is 5.75 Å². The maximum Gasteiger partial charge on any atom is 0.121 e. The molecule has 1 saturated heterocycles. The number of fused-ring (bicyclic) bond motifs is 1. The molecule has 0 radical (unpaired) electrons. The lowest BCUT2D eigenvalue weighted by Crippen LogP contribution is -2.59. The summed E-state index contributed by atoms with van der Waals surface area (Å²) in [7, 11) is 0. The molecule has 1 heterocycles. The number of phenolic OH excluding ortho intramolecular Hbond substituents is 1. The van der Waals surface area contributed by atoms with Crippen molar-refractivity contribution in [3.63, 3.8) is 0 Å². The lowest BCUT2D eigenvalue weighted by Gasteiger charge is -2.57. The highest BCUT2D eigenvalue weighted by molar-refractivity contribution is 5.58. The van der Waals surface area contributed by atoms with Crippen molar-refractivity contribution < 1.29 is 5.11 Å². The highest BCUT2D eigenvalue weighted by Gasteiger charge is 2.52. The molecule has 1 aliphatic heterocycles. The molecule has 1 aromatic rings. The Labute approximate surface area is 128 Å². The molecule has 1 aromatic carbocycles. The van der Waals surface area contributed by atoms with Gasteiger partial charge in [-0.1, -0.05) is 12.8 Å². The highest BCUT2D eigenvalue weighted by Crippen LogP contribution is 2.56. The number of phenols is 1. The van der Waals surface area contributed by atoms with Crippen LogP contribution < -0.4 is 5.32 Å². The van der Waals surface area contributed by atoms with E-state index in [-0.39, 0.29) is 0 Å². The summed E-state index contributed by atoms with van der Waals surface area (Å²) in [5, 5.41) is 14.3. The minimum Gasteiger partial charge on any atom is -0.507 e. The Kier molecular flexibility index (Phi) is 2.91. The van der Waals surface area contributed by atoms with Gasteiger partial charge in [0.15, 0.2) is 0 Å². The van der Waals surface area contributed by atoms with Crippen LogP contribution in [0.15, 0.2) is 0 Å². The molecule has 2 N–H and O–H groups in total. The molecule has 4 rings (SSSR count). The number of benzene rings is 1. The van der Waals surface area contributed by atoms with Crippen LogP contribution in [0, 0.1) is 26.7 Å². The van der Waals surface area contributed by atoms with Gasteiger partial charge in [0.2, 0.25) is 0 Å². The molecule has 2 bridgehead atoms. The molecule has 0 spiro atoms. The fourth-order valence-electron chi connectivity index (χ4n) is 5.79. The quantitative estimate of drug-likeness (QED) is 0.762. The van der Waals surface area contributed by atoms with Crippen molar-refractivity contribution in [3.8, 4) is 5.75 Å². The molecular weight excluding hydrogens is 258 g/mol. The number of piperidine rings is 1. The number of aromatic hydroxyl groups is 1. The van der Waals surface area contributed by atoms with Crippen LogP contribution in [0.4, 0.5) is 0 Å². The summed E-state index contributed by atoms with van der Waals surface area (Å²) >= 11 is 0. The smallest absolute Gasteiger partial charge is 0.121 e. The first-order chi connectivity index (χ1) is 10.1. The van der Waals surface area contributed by atoms with E-state index in [1.54, 1.807) is 5.56 Å². The SMILES string of the molecule is Cc1c(C)c2c(c(C)c1O)C[C@H]1NCC[C@@]23CCCC[C@@H]13. The van der Waals surface area contributed by atoms with Gasteiger partial charge in [-0.25, -0.2) is 0 Å². The van der Waals surface area contributed by atoms with E-state index in [1.807, 2.05) is 0 Å². The first-order valence-corrected chi connectivity index (χ1v) is 8.62. The van der Waals surface area contributed by atoms with E-state index in [9.17, 15) is 5.11 Å². The maximum absolute atomic E-state index is 10.5. The third-order valence-electron chi connectivity index (χ3n) is 6.89. The Bertz CT molecular complexity index is 602. The lowest BCUT2D eigenvalue weighted by atomic mass is 9.51. The fourth-order valence-corrected chi connectivity index (χ4v) is 5.79. The summed E-state index contributed by atoms with van der Waals surface area (Å²) in [6, 6.07) is 0.631. The van der Waals surface area contributed by atoms with E-state index >= 15 is 0 Å². The summed E-state index contributed by atoms with van der Waals surface area (Å²) in [5.74, 6) is 1.35. The lowest BCUT2D eigenvalue weighted by molar-refractivity contribution is 0.0787. The van der Waals surface area contributed by atoms with Gasteiger partial charge < -0.3 is 10.4 Å². The summed E-state index contributed by atoms with van der Waals surface area (Å²) in [6.07, 6.45) is 7.91. The molecule has 0 amide bonds. The Morgan fingerprint density at radius 2 is 1.86 bits per heavy atom. The Balaban J connectivity index is 2.02. The molecule has 2 aliphatic carbocycles. The van der Waals surface area contributed by atoms with Crippen LogP contribution in [0.3, 0.4) is 0 Å². The normalized spacial score (nSPS) is 34.2. The predicted octanol–water partition coefficient (Wildman–Crippen LogP) is 3.66. The molecule has 2 nitrogen and oxygen atoms in total. The third kappa shape index (κ3) is 1.63. The van der Waals surface area contributed by atoms with Crippen LogP contribution in [0.25, 0.3) is 0 Å². The second-order valence-corrected chi connectivity index (χ2v) is 7.60. The second-order valence-electron chi connectivity index (χ2n) is 7.60. The summed E-state index contributed by atoms with van der Waals surface area (Å²) in [4.78, 5) is 0. The zero-order valence-electron chi connectivity index (χ0n) is 13.6. The van der Waals surface area contributed by atoms with Crippen LogP contribution in [-0.2, 0) is 11.8 Å². The molecule has 114 valence electrons. The van der Waals surface area contributed by atoms with Crippen LogP contribution in [0.2, 0.25) is 0 Å². The third-order valence-corrected chi connectivity index (χ3v) is 6.89. The highest BCUT2D eigenvalue weighted by atomic mass is 16.3. The van der Waals surface area contributed by atoms with Gasteiger partial charge in [0.25, 0.3) is 0 Å². The van der Waals surface area contributed by atoms with E-state index in [0.29, 0.717) is 17.2 Å². The topological polar surface area (TPSA) is 32.3 Å². The molecule has 21 heavy (non-hydrogen) atoms. The first-order valence-electron chi connectivity index (χ1n) is 8.62. The van der Waals surface area contributed by atoms with E-state index < -0.39 is 0 Å². The van der Waals surface area contributed by atoms with E-state index in [4.69, 9.17) is 0 Å². The largest absolute Gasteiger partial charge is 0.507 e. The van der Waals surface area contributed by atoms with Crippen LogP contribution in [0.1, 0.15) is 59.9 Å². The summed E-state index contributed by atoms with van der Waals surface area (Å²) < 4.78 is 0. The maximum atomic E-state index is 10.5. The molecule has 3 atom stereocenters. The first kappa shape index (κ1) is 13.6. The monoisotopic (exact) mass is 285 g/mol. The average molecular weight is 285 g/mol. The van der Waals surface area contributed by atoms with Crippen molar-refractivity contribution in [2.75, 3.05) is 6.54 Å². The molecule has 0 aromatic heterocycles. The van der Waals surface area contributed by atoms with Crippen molar-refractivity contribution in [2.45, 2.75) is 70.8 Å². The molecule has 1 saturated carbocycles. The van der Waals surface area contributed by atoms with Gasteiger partial charge in [-0.3, -0.25) is 0 Å². The van der Waals surface area contributed by atoms with Gasteiger partial charge in [-0.15, -0.1) is 0 Å². The molecule has 2 heteroatoms. The Morgan fingerprint density at radius 3 is 2.67 bits per heavy atom. The van der Waals surface area contributed by atoms with E-state index in [0.717, 1.165) is 23.5 Å². The van der Waals surface area contributed by atoms with Gasteiger partial charge in [0, 0.05) is 11.5 Å². The zero-order valence-corrected chi connectivity index (χ0v) is 13.6. The predicted molar refractivity (Wildman–Crippen MR) is 86.1 cm³/mol. The van der Waals surface area contributed by atoms with Gasteiger partial charge in [-0.05, 0) is 86.7 Å².